The molecular formula is C19H30N2O5. The maximum absolute atomic E-state index is 13.1. The van der Waals surface area contributed by atoms with Crippen LogP contribution >= 0.6 is 0 Å². The first-order valence-corrected chi connectivity index (χ1v) is 8.98. The number of carbonyl (C=O) groups excluding carboxylic acids is 3. The van der Waals surface area contributed by atoms with Crippen molar-refractivity contribution < 1.29 is 23.9 Å². The number of amides is 1. The Morgan fingerprint density at radius 2 is 1.85 bits per heavy atom. The minimum atomic E-state index is -0.622. The average Bonchev–Trinajstić information content (AvgIpc) is 2.93. The average molecular weight is 366 g/mol. The molecule has 1 N–H and O–H groups in total. The van der Waals surface area contributed by atoms with Crippen LogP contribution in [0.3, 0.4) is 0 Å². The Balaban J connectivity index is 3.06. The van der Waals surface area contributed by atoms with Crippen molar-refractivity contribution in [1.29, 1.82) is 0 Å². The summed E-state index contributed by atoms with van der Waals surface area (Å²) in [6, 6.07) is -0.622. The number of rotatable bonds is 10. The molecular weight excluding hydrogens is 336 g/mol. The van der Waals surface area contributed by atoms with E-state index in [0.29, 0.717) is 49.4 Å². The molecule has 0 aliphatic rings. The molecule has 0 saturated carbocycles. The van der Waals surface area contributed by atoms with E-state index in [4.69, 9.17) is 9.47 Å². The van der Waals surface area contributed by atoms with Crippen molar-refractivity contribution >= 4 is 17.7 Å². The summed E-state index contributed by atoms with van der Waals surface area (Å²) in [4.78, 5) is 41.7. The standard InChI is InChI=1S/C19H30N2O5/c1-7-15(22)21(10-9-11-26-8-2)14(5)18(23)16-12(3)17(19(24)25-6)20-13(16)4/h14,20H,7-11H2,1-6H3/t14-/m1/s1. The van der Waals surface area contributed by atoms with Gasteiger partial charge in [-0.1, -0.05) is 6.92 Å². The molecule has 0 bridgehead atoms. The Kier molecular flexibility index (Phi) is 8.51. The number of ether oxygens (including phenoxy) is 2. The van der Waals surface area contributed by atoms with Gasteiger partial charge in [-0.15, -0.1) is 0 Å². The number of aryl methyl sites for hydroxylation is 1. The van der Waals surface area contributed by atoms with E-state index in [1.165, 1.54) is 7.11 Å². The Bertz CT molecular complexity index is 651. The molecule has 26 heavy (non-hydrogen) atoms. The smallest absolute Gasteiger partial charge is 0.354 e. The zero-order chi connectivity index (χ0) is 19.9. The number of hydrogen-bond acceptors (Lipinski definition) is 5. The SMILES string of the molecule is CCOCCCN(C(=O)CC)[C@H](C)C(=O)c1c(C)[nH]c(C(=O)OC)c1C. The minimum absolute atomic E-state index is 0.0821. The second-order valence-electron chi connectivity index (χ2n) is 6.15. The number of nitrogens with one attached hydrogen (secondary N) is 1. The highest BCUT2D eigenvalue weighted by Crippen LogP contribution is 2.22. The number of methoxy groups -OCH3 is 1. The van der Waals surface area contributed by atoms with Crippen molar-refractivity contribution in [2.75, 3.05) is 26.9 Å². The third-order valence-electron chi connectivity index (χ3n) is 4.43. The van der Waals surface area contributed by atoms with E-state index < -0.39 is 12.0 Å². The molecule has 0 aliphatic carbocycles. The van der Waals surface area contributed by atoms with E-state index in [1.807, 2.05) is 6.92 Å². The molecule has 0 aromatic carbocycles. The van der Waals surface area contributed by atoms with Gasteiger partial charge in [-0.25, -0.2) is 4.79 Å². The second kappa shape index (κ2) is 10.1. The molecule has 7 heteroatoms. The molecule has 1 heterocycles. The van der Waals surface area contributed by atoms with Gasteiger partial charge in [-0.3, -0.25) is 9.59 Å². The zero-order valence-electron chi connectivity index (χ0n) is 16.6. The number of nitrogens with zero attached hydrogens (tertiary/aromatic N) is 1. The van der Waals surface area contributed by atoms with Crippen LogP contribution in [-0.2, 0) is 14.3 Å². The van der Waals surface area contributed by atoms with Crippen molar-refractivity contribution in [3.05, 3.63) is 22.5 Å². The van der Waals surface area contributed by atoms with E-state index in [9.17, 15) is 14.4 Å². The minimum Gasteiger partial charge on any atom is -0.464 e. The van der Waals surface area contributed by atoms with Crippen LogP contribution in [0.15, 0.2) is 0 Å². The van der Waals surface area contributed by atoms with Crippen molar-refractivity contribution in [2.45, 2.75) is 53.5 Å². The number of carbonyl (C=O) groups is 3. The van der Waals surface area contributed by atoms with Gasteiger partial charge in [0.15, 0.2) is 5.78 Å². The molecule has 0 saturated heterocycles. The van der Waals surface area contributed by atoms with Crippen LogP contribution in [0, 0.1) is 13.8 Å². The Morgan fingerprint density at radius 3 is 2.38 bits per heavy atom. The van der Waals surface area contributed by atoms with Crippen LogP contribution in [0.1, 0.15) is 65.7 Å². The highest BCUT2D eigenvalue weighted by molar-refractivity contribution is 6.06. The van der Waals surface area contributed by atoms with E-state index >= 15 is 0 Å². The van der Waals surface area contributed by atoms with Gasteiger partial charge in [0.2, 0.25) is 5.91 Å². The van der Waals surface area contributed by atoms with Gasteiger partial charge in [0, 0.05) is 37.4 Å². The lowest BCUT2D eigenvalue weighted by Gasteiger charge is -2.28. The predicted octanol–water partition coefficient (Wildman–Crippen LogP) is 2.65. The van der Waals surface area contributed by atoms with E-state index in [2.05, 4.69) is 4.98 Å². The maximum Gasteiger partial charge on any atom is 0.354 e. The Labute approximate surface area is 155 Å². The molecule has 1 atom stereocenters. The lowest BCUT2D eigenvalue weighted by molar-refractivity contribution is -0.132. The molecule has 0 unspecified atom stereocenters. The highest BCUT2D eigenvalue weighted by atomic mass is 16.5. The van der Waals surface area contributed by atoms with Gasteiger partial charge in [-0.05, 0) is 39.7 Å². The fourth-order valence-corrected chi connectivity index (χ4v) is 2.99. The van der Waals surface area contributed by atoms with Gasteiger partial charge in [0.1, 0.15) is 5.69 Å². The van der Waals surface area contributed by atoms with Gasteiger partial charge in [0.25, 0.3) is 0 Å². The topological polar surface area (TPSA) is 88.7 Å². The summed E-state index contributed by atoms with van der Waals surface area (Å²) in [5.74, 6) is -0.790. The number of esters is 1. The van der Waals surface area contributed by atoms with E-state index in [0.717, 1.165) is 0 Å². The molecule has 1 amide bonds. The number of aromatic amines is 1. The first-order valence-electron chi connectivity index (χ1n) is 8.98. The van der Waals surface area contributed by atoms with Crippen molar-refractivity contribution in [3.63, 3.8) is 0 Å². The number of ketones is 1. The summed E-state index contributed by atoms with van der Waals surface area (Å²) in [7, 11) is 1.29. The highest BCUT2D eigenvalue weighted by Gasteiger charge is 2.30. The van der Waals surface area contributed by atoms with Crippen molar-refractivity contribution in [3.8, 4) is 0 Å². The van der Waals surface area contributed by atoms with Crippen molar-refractivity contribution in [1.82, 2.24) is 9.88 Å². The first-order chi connectivity index (χ1) is 12.3. The maximum atomic E-state index is 13.1. The van der Waals surface area contributed by atoms with Gasteiger partial charge in [0.05, 0.1) is 13.2 Å². The molecule has 1 aromatic rings. The third-order valence-corrected chi connectivity index (χ3v) is 4.43. The summed E-state index contributed by atoms with van der Waals surface area (Å²) < 4.78 is 10.1. The quantitative estimate of drug-likeness (QED) is 0.391. The molecule has 0 radical (unpaired) electrons. The predicted molar refractivity (Wildman–Crippen MR) is 98.5 cm³/mol. The number of H-pyrrole nitrogens is 1. The molecule has 0 aliphatic heterocycles. The van der Waals surface area contributed by atoms with Crippen LogP contribution in [0.5, 0.6) is 0 Å². The molecule has 1 aromatic heterocycles. The van der Waals surface area contributed by atoms with Crippen molar-refractivity contribution in [2.24, 2.45) is 0 Å². The third kappa shape index (κ3) is 4.94. The summed E-state index contributed by atoms with van der Waals surface area (Å²) in [6.07, 6.45) is 0.987. The van der Waals surface area contributed by atoms with Crippen LogP contribution in [-0.4, -0.2) is 60.5 Å². The summed E-state index contributed by atoms with van der Waals surface area (Å²) in [5.41, 5.74) is 1.85. The van der Waals surface area contributed by atoms with E-state index in [-0.39, 0.29) is 17.4 Å². The fourth-order valence-electron chi connectivity index (χ4n) is 2.99. The molecule has 146 valence electrons. The van der Waals surface area contributed by atoms with Crippen LogP contribution < -0.4 is 0 Å². The van der Waals surface area contributed by atoms with Gasteiger partial charge < -0.3 is 19.4 Å². The normalized spacial score (nSPS) is 11.9. The fraction of sp³-hybridized carbons (Fsp3) is 0.632. The number of Topliss-reactive ketones (excluding diaryl/α,β-unsaturated/α-hetero) is 1. The van der Waals surface area contributed by atoms with Crippen LogP contribution in [0.25, 0.3) is 0 Å². The zero-order valence-corrected chi connectivity index (χ0v) is 16.6. The lowest BCUT2D eigenvalue weighted by Crippen LogP contribution is -2.44. The summed E-state index contributed by atoms with van der Waals surface area (Å²) >= 11 is 0. The number of aromatic nitrogens is 1. The Hall–Kier alpha value is -2.15. The molecule has 7 nitrogen and oxygen atoms in total. The van der Waals surface area contributed by atoms with E-state index in [1.54, 1.807) is 32.6 Å². The summed E-state index contributed by atoms with van der Waals surface area (Å²) in [6.45, 7) is 10.5. The first kappa shape index (κ1) is 21.9. The molecule has 1 rings (SSSR count). The Morgan fingerprint density at radius 1 is 1.19 bits per heavy atom. The number of hydrogen-bond donors (Lipinski definition) is 1. The molecule has 0 spiro atoms. The monoisotopic (exact) mass is 366 g/mol. The molecule has 0 fully saturated rings. The van der Waals surface area contributed by atoms with Crippen LogP contribution in [0.4, 0.5) is 0 Å². The van der Waals surface area contributed by atoms with Gasteiger partial charge >= 0.3 is 5.97 Å². The van der Waals surface area contributed by atoms with Crippen LogP contribution in [0.2, 0.25) is 0 Å². The summed E-state index contributed by atoms with van der Waals surface area (Å²) in [5, 5.41) is 0. The largest absolute Gasteiger partial charge is 0.464 e. The lowest BCUT2D eigenvalue weighted by atomic mass is 9.99. The second-order valence-corrected chi connectivity index (χ2v) is 6.15. The van der Waals surface area contributed by atoms with Gasteiger partial charge in [-0.2, -0.15) is 0 Å².